The average Bonchev–Trinajstić information content (AvgIpc) is 2.22. The lowest BCUT2D eigenvalue weighted by atomic mass is 10.1. The zero-order valence-electron chi connectivity index (χ0n) is 8.11. The first kappa shape index (κ1) is 12.4. The first-order valence-corrected chi connectivity index (χ1v) is 4.79. The van der Waals surface area contributed by atoms with Crippen LogP contribution in [-0.2, 0) is 16.0 Å². The zero-order valence-corrected chi connectivity index (χ0v) is 8.87. The quantitative estimate of drug-likeness (QED) is 0.767. The van der Waals surface area contributed by atoms with E-state index in [0.717, 1.165) is 6.07 Å². The van der Waals surface area contributed by atoms with Crippen LogP contribution in [0.4, 0.5) is 4.39 Å². The van der Waals surface area contributed by atoms with Gasteiger partial charge in [0.05, 0.1) is 0 Å². The Morgan fingerprint density at radius 1 is 1.62 bits per heavy atom. The molecule has 0 aliphatic rings. The number of hydrogen-bond donors (Lipinski definition) is 2. The molecule has 0 spiro atoms. The molecule has 1 atom stereocenters. The lowest BCUT2D eigenvalue weighted by Crippen LogP contribution is -2.37. The van der Waals surface area contributed by atoms with Crippen LogP contribution >= 0.6 is 11.6 Å². The Morgan fingerprint density at radius 3 is 2.88 bits per heavy atom. The van der Waals surface area contributed by atoms with Gasteiger partial charge in [0.25, 0.3) is 0 Å². The summed E-state index contributed by atoms with van der Waals surface area (Å²) in [4.78, 5) is 20.9. The largest absolute Gasteiger partial charge is 0.480 e. The molecule has 0 aromatic heterocycles. The second-order valence-corrected chi connectivity index (χ2v) is 3.52. The van der Waals surface area contributed by atoms with Crippen molar-refractivity contribution in [1.82, 2.24) is 5.32 Å². The average molecular weight is 246 g/mol. The minimum atomic E-state index is -1.20. The molecule has 1 unspecified atom stereocenters. The van der Waals surface area contributed by atoms with E-state index in [2.05, 4.69) is 5.32 Å². The van der Waals surface area contributed by atoms with Crippen LogP contribution in [-0.4, -0.2) is 23.5 Å². The first-order chi connectivity index (χ1) is 7.54. The van der Waals surface area contributed by atoms with Gasteiger partial charge < -0.3 is 10.4 Å². The van der Waals surface area contributed by atoms with E-state index < -0.39 is 17.8 Å². The maximum Gasteiger partial charge on any atom is 0.326 e. The zero-order chi connectivity index (χ0) is 12.1. The number of nitrogens with one attached hydrogen (secondary N) is 1. The van der Waals surface area contributed by atoms with Crippen molar-refractivity contribution in [1.29, 1.82) is 0 Å². The van der Waals surface area contributed by atoms with E-state index in [1.54, 1.807) is 0 Å². The summed E-state index contributed by atoms with van der Waals surface area (Å²) >= 11 is 5.77. The predicted octanol–water partition coefficient (Wildman–Crippen LogP) is 1.22. The lowest BCUT2D eigenvalue weighted by Gasteiger charge is -2.12. The molecule has 1 aromatic carbocycles. The van der Waals surface area contributed by atoms with Crippen molar-refractivity contribution in [2.75, 3.05) is 0 Å². The van der Waals surface area contributed by atoms with E-state index in [9.17, 15) is 14.0 Å². The fourth-order valence-corrected chi connectivity index (χ4v) is 1.41. The van der Waals surface area contributed by atoms with Gasteiger partial charge in [-0.05, 0) is 23.8 Å². The van der Waals surface area contributed by atoms with E-state index >= 15 is 0 Å². The molecule has 0 heterocycles. The van der Waals surface area contributed by atoms with Crippen LogP contribution in [0.3, 0.4) is 0 Å². The van der Waals surface area contributed by atoms with Crippen molar-refractivity contribution in [3.63, 3.8) is 0 Å². The van der Waals surface area contributed by atoms with Crippen molar-refractivity contribution < 1.29 is 19.1 Å². The summed E-state index contributed by atoms with van der Waals surface area (Å²) in [6.07, 6.45) is 0.219. The van der Waals surface area contributed by atoms with Crippen molar-refractivity contribution in [3.8, 4) is 0 Å². The number of carbonyl (C=O) groups is 2. The summed E-state index contributed by atoms with van der Waals surface area (Å²) in [6.45, 7) is 0. The van der Waals surface area contributed by atoms with Gasteiger partial charge in [0, 0.05) is 11.4 Å². The number of carbonyl (C=O) groups excluding carboxylic acids is 1. The molecule has 1 rings (SSSR count). The molecule has 1 aromatic rings. The SMILES string of the molecule is O=CNC(Cc1cc(F)ccc1Cl)C(=O)O. The first-order valence-electron chi connectivity index (χ1n) is 4.41. The van der Waals surface area contributed by atoms with Crippen molar-refractivity contribution in [2.24, 2.45) is 0 Å². The number of halogens is 2. The van der Waals surface area contributed by atoms with Gasteiger partial charge in [-0.3, -0.25) is 4.79 Å². The summed E-state index contributed by atoms with van der Waals surface area (Å²) in [7, 11) is 0. The third kappa shape index (κ3) is 3.20. The number of rotatable bonds is 5. The van der Waals surface area contributed by atoms with E-state index in [1.807, 2.05) is 0 Å². The maximum absolute atomic E-state index is 12.9. The Hall–Kier alpha value is -1.62. The summed E-state index contributed by atoms with van der Waals surface area (Å²) in [5.74, 6) is -1.71. The highest BCUT2D eigenvalue weighted by molar-refractivity contribution is 6.31. The fourth-order valence-electron chi connectivity index (χ4n) is 1.22. The molecule has 0 aliphatic carbocycles. The number of hydrogen-bond acceptors (Lipinski definition) is 2. The molecule has 2 N–H and O–H groups in total. The standard InChI is InChI=1S/C10H9ClFNO3/c11-8-2-1-7(12)3-6(8)4-9(10(15)16)13-5-14/h1-3,5,9H,4H2,(H,13,14)(H,15,16). The Morgan fingerprint density at radius 2 is 2.31 bits per heavy atom. The predicted molar refractivity (Wildman–Crippen MR) is 55.7 cm³/mol. The second kappa shape index (κ2) is 5.46. The molecule has 16 heavy (non-hydrogen) atoms. The van der Waals surface area contributed by atoms with Gasteiger partial charge in [0.15, 0.2) is 0 Å². The Bertz CT molecular complexity index is 411. The van der Waals surface area contributed by atoms with Gasteiger partial charge in [-0.15, -0.1) is 0 Å². The Balaban J connectivity index is 2.88. The lowest BCUT2D eigenvalue weighted by molar-refractivity contribution is -0.140. The molecule has 0 bridgehead atoms. The van der Waals surface area contributed by atoms with E-state index in [0.29, 0.717) is 5.56 Å². The number of carboxylic acid groups (broad SMARTS) is 1. The minimum Gasteiger partial charge on any atom is -0.480 e. The van der Waals surface area contributed by atoms with Crippen LogP contribution in [0, 0.1) is 5.82 Å². The van der Waals surface area contributed by atoms with Crippen LogP contribution in [0.15, 0.2) is 18.2 Å². The van der Waals surface area contributed by atoms with E-state index in [4.69, 9.17) is 16.7 Å². The van der Waals surface area contributed by atoms with Gasteiger partial charge in [0.1, 0.15) is 11.9 Å². The molecular formula is C10H9ClFNO3. The number of amides is 1. The van der Waals surface area contributed by atoms with Crippen LogP contribution in [0.5, 0.6) is 0 Å². The second-order valence-electron chi connectivity index (χ2n) is 3.12. The third-order valence-electron chi connectivity index (χ3n) is 2.00. The van der Waals surface area contributed by atoms with Crippen LogP contribution in [0.25, 0.3) is 0 Å². The summed E-state index contributed by atoms with van der Waals surface area (Å²) in [5.41, 5.74) is 0.336. The van der Waals surface area contributed by atoms with Gasteiger partial charge in [-0.2, -0.15) is 0 Å². The Kier molecular flexibility index (Phi) is 4.25. The fraction of sp³-hybridized carbons (Fsp3) is 0.200. The normalized spacial score (nSPS) is 11.9. The molecule has 0 saturated heterocycles. The monoisotopic (exact) mass is 245 g/mol. The van der Waals surface area contributed by atoms with Crippen LogP contribution < -0.4 is 5.32 Å². The highest BCUT2D eigenvalue weighted by Crippen LogP contribution is 2.18. The molecule has 0 radical (unpaired) electrons. The minimum absolute atomic E-state index is 0.0648. The van der Waals surface area contributed by atoms with Crippen molar-refractivity contribution >= 4 is 24.0 Å². The smallest absolute Gasteiger partial charge is 0.326 e. The molecule has 0 aliphatic heterocycles. The molecule has 0 fully saturated rings. The van der Waals surface area contributed by atoms with Crippen LogP contribution in [0.1, 0.15) is 5.56 Å². The van der Waals surface area contributed by atoms with Gasteiger partial charge in [0.2, 0.25) is 6.41 Å². The molecule has 86 valence electrons. The van der Waals surface area contributed by atoms with E-state index in [-0.39, 0.29) is 17.9 Å². The highest BCUT2D eigenvalue weighted by atomic mass is 35.5. The van der Waals surface area contributed by atoms with Gasteiger partial charge in [-0.25, -0.2) is 9.18 Å². The highest BCUT2D eigenvalue weighted by Gasteiger charge is 2.18. The van der Waals surface area contributed by atoms with Gasteiger partial charge >= 0.3 is 5.97 Å². The van der Waals surface area contributed by atoms with Crippen molar-refractivity contribution in [3.05, 3.63) is 34.6 Å². The Labute approximate surface area is 96.0 Å². The van der Waals surface area contributed by atoms with Gasteiger partial charge in [-0.1, -0.05) is 11.6 Å². The number of aliphatic carboxylic acids is 1. The molecule has 0 saturated carbocycles. The molecule has 6 heteroatoms. The topological polar surface area (TPSA) is 66.4 Å². The number of benzene rings is 1. The van der Waals surface area contributed by atoms with Crippen LogP contribution in [0.2, 0.25) is 5.02 Å². The summed E-state index contributed by atoms with van der Waals surface area (Å²) in [5, 5.41) is 11.1. The molecule has 4 nitrogen and oxygen atoms in total. The molecule has 1 amide bonds. The maximum atomic E-state index is 12.9. The third-order valence-corrected chi connectivity index (χ3v) is 2.37. The summed E-state index contributed by atoms with van der Waals surface area (Å²) < 4.78 is 12.9. The van der Waals surface area contributed by atoms with Crippen molar-refractivity contribution in [2.45, 2.75) is 12.5 Å². The number of carboxylic acids is 1. The summed E-state index contributed by atoms with van der Waals surface area (Å²) in [6, 6.07) is 2.54. The van der Waals surface area contributed by atoms with E-state index in [1.165, 1.54) is 12.1 Å². The molecular weight excluding hydrogens is 237 g/mol.